The van der Waals surface area contributed by atoms with E-state index >= 15 is 0 Å². The van der Waals surface area contributed by atoms with Gasteiger partial charge < -0.3 is 10.2 Å². The van der Waals surface area contributed by atoms with E-state index in [1.165, 1.54) is 4.90 Å². The number of hydrogen-bond acceptors (Lipinski definition) is 2. The summed E-state index contributed by atoms with van der Waals surface area (Å²) < 4.78 is 12.7. The summed E-state index contributed by atoms with van der Waals surface area (Å²) >= 11 is 0. The van der Waals surface area contributed by atoms with Crippen molar-refractivity contribution < 1.29 is 14.0 Å². The summed E-state index contributed by atoms with van der Waals surface area (Å²) in [7, 11) is 0. The van der Waals surface area contributed by atoms with E-state index < -0.39 is 24.2 Å². The summed E-state index contributed by atoms with van der Waals surface area (Å²) in [5.41, 5.74) is -0.804. The molecule has 2 unspecified atom stereocenters. The van der Waals surface area contributed by atoms with Crippen LogP contribution in [-0.2, 0) is 9.59 Å². The van der Waals surface area contributed by atoms with Gasteiger partial charge >= 0.3 is 0 Å². The highest BCUT2D eigenvalue weighted by atomic mass is 19.1. The minimum Gasteiger partial charge on any atom is -0.342 e. The molecule has 4 nitrogen and oxygen atoms in total. The molecule has 1 N–H and O–H groups in total. The van der Waals surface area contributed by atoms with Crippen molar-refractivity contribution in [3.63, 3.8) is 0 Å². The van der Waals surface area contributed by atoms with Gasteiger partial charge in [-0.15, -0.1) is 0 Å². The predicted octanol–water partition coefficient (Wildman–Crippen LogP) is 1.74. The van der Waals surface area contributed by atoms with E-state index in [2.05, 4.69) is 5.32 Å². The first kappa shape index (κ1) is 15.9. The molecular formula is C14H25FN2O2. The quantitative estimate of drug-likeness (QED) is 0.832. The van der Waals surface area contributed by atoms with E-state index in [1.54, 1.807) is 0 Å². The molecule has 1 rings (SSSR count). The SMILES string of the molecule is CC(C)(C)C1NC(=O)C(C(C)(C)C)N(CCF)C1=O. The third kappa shape index (κ3) is 3.25. The van der Waals surface area contributed by atoms with E-state index in [0.717, 1.165) is 0 Å². The fourth-order valence-electron chi connectivity index (χ4n) is 2.50. The highest BCUT2D eigenvalue weighted by molar-refractivity contribution is 5.97. The van der Waals surface area contributed by atoms with E-state index in [9.17, 15) is 14.0 Å². The van der Waals surface area contributed by atoms with Crippen molar-refractivity contribution in [2.45, 2.75) is 53.6 Å². The van der Waals surface area contributed by atoms with Gasteiger partial charge in [0.15, 0.2) is 0 Å². The van der Waals surface area contributed by atoms with Gasteiger partial charge in [-0.3, -0.25) is 9.59 Å². The Morgan fingerprint density at radius 2 is 1.63 bits per heavy atom. The van der Waals surface area contributed by atoms with Gasteiger partial charge in [-0.05, 0) is 10.8 Å². The minimum atomic E-state index is -0.636. The van der Waals surface area contributed by atoms with Crippen LogP contribution in [0.25, 0.3) is 0 Å². The Morgan fingerprint density at radius 3 is 2.00 bits per heavy atom. The van der Waals surface area contributed by atoms with Gasteiger partial charge in [-0.25, -0.2) is 4.39 Å². The number of carbonyl (C=O) groups is 2. The Labute approximate surface area is 114 Å². The lowest BCUT2D eigenvalue weighted by atomic mass is 9.79. The molecule has 1 heterocycles. The second-order valence-electron chi connectivity index (χ2n) is 7.30. The number of piperazine rings is 1. The van der Waals surface area contributed by atoms with Crippen LogP contribution in [0.3, 0.4) is 0 Å². The summed E-state index contributed by atoms with van der Waals surface area (Å²) in [6, 6.07) is -1.21. The Hall–Kier alpha value is -1.13. The lowest BCUT2D eigenvalue weighted by Gasteiger charge is -2.47. The van der Waals surface area contributed by atoms with Gasteiger partial charge in [0.05, 0.1) is 0 Å². The van der Waals surface area contributed by atoms with Crippen LogP contribution in [0.4, 0.5) is 4.39 Å². The maximum absolute atomic E-state index is 12.7. The molecule has 0 aromatic carbocycles. The molecule has 19 heavy (non-hydrogen) atoms. The van der Waals surface area contributed by atoms with Gasteiger partial charge in [0, 0.05) is 6.54 Å². The van der Waals surface area contributed by atoms with Crippen LogP contribution in [-0.4, -0.2) is 42.0 Å². The zero-order chi connectivity index (χ0) is 15.0. The summed E-state index contributed by atoms with van der Waals surface area (Å²) in [4.78, 5) is 26.2. The van der Waals surface area contributed by atoms with E-state index in [4.69, 9.17) is 0 Å². The van der Waals surface area contributed by atoms with Crippen LogP contribution in [0.2, 0.25) is 0 Å². The lowest BCUT2D eigenvalue weighted by molar-refractivity contribution is -0.157. The Bertz CT molecular complexity index is 369. The molecule has 110 valence electrons. The molecule has 1 aliphatic rings. The summed E-state index contributed by atoms with van der Waals surface area (Å²) in [5, 5.41) is 2.80. The third-order valence-corrected chi connectivity index (χ3v) is 3.39. The molecule has 2 amide bonds. The maximum Gasteiger partial charge on any atom is 0.246 e. The van der Waals surface area contributed by atoms with Crippen LogP contribution < -0.4 is 5.32 Å². The molecule has 0 aliphatic carbocycles. The number of nitrogens with zero attached hydrogens (tertiary/aromatic N) is 1. The minimum absolute atomic E-state index is 0.0270. The number of amides is 2. The normalized spacial score (nSPS) is 25.5. The molecule has 0 bridgehead atoms. The molecule has 0 saturated carbocycles. The van der Waals surface area contributed by atoms with Gasteiger partial charge in [0.2, 0.25) is 11.8 Å². The molecule has 0 spiro atoms. The number of carbonyl (C=O) groups excluding carboxylic acids is 2. The van der Waals surface area contributed by atoms with Crippen molar-refractivity contribution in [2.75, 3.05) is 13.2 Å². The highest BCUT2D eigenvalue weighted by Crippen LogP contribution is 2.31. The van der Waals surface area contributed by atoms with Crippen molar-refractivity contribution >= 4 is 11.8 Å². The first-order valence-corrected chi connectivity index (χ1v) is 6.67. The second kappa shape index (κ2) is 5.10. The maximum atomic E-state index is 12.7. The number of rotatable bonds is 2. The fourth-order valence-corrected chi connectivity index (χ4v) is 2.50. The van der Waals surface area contributed by atoms with Crippen molar-refractivity contribution in [3.8, 4) is 0 Å². The number of hydrogen-bond donors (Lipinski definition) is 1. The van der Waals surface area contributed by atoms with E-state index in [-0.39, 0.29) is 23.8 Å². The molecule has 2 atom stereocenters. The van der Waals surface area contributed by atoms with Gasteiger partial charge in [0.1, 0.15) is 18.8 Å². The zero-order valence-electron chi connectivity index (χ0n) is 12.7. The Kier molecular flexibility index (Phi) is 4.27. The van der Waals surface area contributed by atoms with Crippen LogP contribution >= 0.6 is 0 Å². The molecular weight excluding hydrogens is 247 g/mol. The molecule has 1 fully saturated rings. The Balaban J connectivity index is 3.14. The number of halogens is 1. The molecule has 0 aromatic rings. The topological polar surface area (TPSA) is 49.4 Å². The third-order valence-electron chi connectivity index (χ3n) is 3.39. The van der Waals surface area contributed by atoms with Crippen molar-refractivity contribution in [1.29, 1.82) is 0 Å². The fraction of sp³-hybridized carbons (Fsp3) is 0.857. The second-order valence-corrected chi connectivity index (χ2v) is 7.30. The van der Waals surface area contributed by atoms with Gasteiger partial charge in [-0.2, -0.15) is 0 Å². The largest absolute Gasteiger partial charge is 0.342 e. The average molecular weight is 272 g/mol. The van der Waals surface area contributed by atoms with Gasteiger partial charge in [-0.1, -0.05) is 41.5 Å². The zero-order valence-corrected chi connectivity index (χ0v) is 12.7. The first-order chi connectivity index (χ1) is 8.50. The van der Waals surface area contributed by atoms with Crippen molar-refractivity contribution in [3.05, 3.63) is 0 Å². The molecule has 5 heteroatoms. The first-order valence-electron chi connectivity index (χ1n) is 6.67. The summed E-state index contributed by atoms with van der Waals surface area (Å²) in [6.45, 7) is 10.7. The predicted molar refractivity (Wildman–Crippen MR) is 72.3 cm³/mol. The molecule has 0 aromatic heterocycles. The van der Waals surface area contributed by atoms with Crippen LogP contribution in [0.1, 0.15) is 41.5 Å². The van der Waals surface area contributed by atoms with E-state index in [0.29, 0.717) is 0 Å². The monoisotopic (exact) mass is 272 g/mol. The highest BCUT2D eigenvalue weighted by Gasteiger charge is 2.48. The van der Waals surface area contributed by atoms with Crippen LogP contribution in [0, 0.1) is 10.8 Å². The van der Waals surface area contributed by atoms with Crippen LogP contribution in [0.15, 0.2) is 0 Å². The molecule has 0 radical (unpaired) electrons. The summed E-state index contributed by atoms with van der Waals surface area (Å²) in [6.07, 6.45) is 0. The smallest absolute Gasteiger partial charge is 0.246 e. The van der Waals surface area contributed by atoms with Gasteiger partial charge in [0.25, 0.3) is 0 Å². The van der Waals surface area contributed by atoms with Crippen LogP contribution in [0.5, 0.6) is 0 Å². The number of nitrogens with one attached hydrogen (secondary N) is 1. The van der Waals surface area contributed by atoms with Crippen molar-refractivity contribution in [2.24, 2.45) is 10.8 Å². The van der Waals surface area contributed by atoms with Crippen molar-refractivity contribution in [1.82, 2.24) is 10.2 Å². The molecule has 1 saturated heterocycles. The van der Waals surface area contributed by atoms with E-state index in [1.807, 2.05) is 41.5 Å². The lowest BCUT2D eigenvalue weighted by Crippen LogP contribution is -2.69. The Morgan fingerprint density at radius 1 is 1.11 bits per heavy atom. The summed E-state index contributed by atoms with van der Waals surface area (Å²) in [5.74, 6) is -0.384. The number of alkyl halides is 1. The molecule has 1 aliphatic heterocycles. The average Bonchev–Trinajstić information content (AvgIpc) is 2.19. The standard InChI is InChI=1S/C14H25FN2O2/c1-13(2,3)9-12(19)17(8-7-15)10(11(18)16-9)14(4,5)6/h9-10H,7-8H2,1-6H3,(H,16,18).